The maximum absolute atomic E-state index is 13.6. The van der Waals surface area contributed by atoms with Gasteiger partial charge in [-0.3, -0.25) is 36.5 Å². The number of benzene rings is 4. The van der Waals surface area contributed by atoms with Gasteiger partial charge < -0.3 is 31.5 Å². The van der Waals surface area contributed by atoms with Crippen molar-refractivity contribution in [3.05, 3.63) is 233 Å². The number of aryl methyl sites for hydroxylation is 2. The zero-order valence-corrected chi connectivity index (χ0v) is 78.1. The van der Waals surface area contributed by atoms with Gasteiger partial charge >= 0.3 is 22.8 Å². The Morgan fingerprint density at radius 2 is 0.621 bits per heavy atom. The number of nitrogens with one attached hydrogen (secondary N) is 4. The molecule has 0 bridgehead atoms. The maximum atomic E-state index is 13.6. The lowest BCUT2D eigenvalue weighted by atomic mass is 9.87. The van der Waals surface area contributed by atoms with Crippen molar-refractivity contribution in [1.29, 1.82) is 0 Å². The average Bonchev–Trinajstić information content (AvgIpc) is 1.58. The van der Waals surface area contributed by atoms with Crippen molar-refractivity contribution in [3.63, 3.8) is 0 Å². The van der Waals surface area contributed by atoms with Crippen LogP contribution in [0.2, 0.25) is 10.3 Å². The molecule has 12 aromatic rings. The lowest BCUT2D eigenvalue weighted by Gasteiger charge is -2.26. The number of rotatable bonds is 22. The summed E-state index contributed by atoms with van der Waals surface area (Å²) in [6.45, 7) is 31.7. The number of nitrogens with zero attached hydrogens (tertiary/aromatic N) is 16. The number of halogens is 4. The molecule has 26 nitrogen and oxygen atoms in total. The fraction of sp³-hybridized carbons (Fsp3) is 0.490. The van der Waals surface area contributed by atoms with E-state index in [1.165, 1.54) is 93.9 Å². The van der Waals surface area contributed by atoms with E-state index in [1.807, 2.05) is 116 Å². The molecule has 0 radical (unpaired) electrons. The Kier molecular flexibility index (Phi) is 36.0. The average molecular weight is 1850 g/mol. The first-order chi connectivity index (χ1) is 60.9. The predicted molar refractivity (Wildman–Crippen MR) is 534 cm³/mol. The van der Waals surface area contributed by atoms with Gasteiger partial charge in [-0.15, -0.1) is 0 Å². The van der Waals surface area contributed by atoms with E-state index in [9.17, 15) is 38.2 Å². The molecule has 0 amide bonds. The minimum Gasteiger partial charge on any atom is -0.389 e. The van der Waals surface area contributed by atoms with Gasteiger partial charge in [-0.05, 0) is 318 Å². The molecule has 712 valence electrons. The summed E-state index contributed by atoms with van der Waals surface area (Å²) in [6.07, 6.45) is 25.2. The second-order valence-corrected chi connectivity index (χ2v) is 38.2. The normalized spacial score (nSPS) is 18.4. The molecule has 0 atom stereocenters. The number of aromatic nitrogens is 16. The Bertz CT molecular complexity index is 6060. The summed E-state index contributed by atoms with van der Waals surface area (Å²) < 4.78 is 39.7. The van der Waals surface area contributed by atoms with E-state index in [0.29, 0.717) is 115 Å². The van der Waals surface area contributed by atoms with Crippen LogP contribution < -0.4 is 44.0 Å². The molecular weight excluding hydrogens is 1710 g/mol. The summed E-state index contributed by atoms with van der Waals surface area (Å²) in [5.41, 5.74) is 7.90. The fourth-order valence-corrected chi connectivity index (χ4v) is 18.5. The molecule has 4 aliphatic rings. The van der Waals surface area contributed by atoms with E-state index in [2.05, 4.69) is 73.9 Å². The molecule has 30 heteroatoms. The van der Waals surface area contributed by atoms with Crippen LogP contribution in [0.3, 0.4) is 0 Å². The minimum atomic E-state index is -1.09. The van der Waals surface area contributed by atoms with Gasteiger partial charge in [0.2, 0.25) is 23.8 Å². The topological polar surface area (TPSA) is 299 Å². The molecule has 132 heavy (non-hydrogen) atoms. The molecule has 6 N–H and O–H groups in total. The van der Waals surface area contributed by atoms with Crippen LogP contribution in [-0.4, -0.2) is 122 Å². The molecule has 0 spiro atoms. The third-order valence-electron chi connectivity index (χ3n) is 24.6. The zero-order valence-electron chi connectivity index (χ0n) is 76.6. The van der Waals surface area contributed by atoms with Crippen LogP contribution >= 0.6 is 23.2 Å². The Labute approximate surface area is 787 Å². The lowest BCUT2D eigenvalue weighted by molar-refractivity contribution is 0.0593. The molecule has 16 rings (SSSR count). The first-order valence-corrected chi connectivity index (χ1v) is 45.9. The van der Waals surface area contributed by atoms with Crippen molar-refractivity contribution in [3.8, 4) is 68.3 Å². The number of anilines is 4. The van der Waals surface area contributed by atoms with Crippen LogP contribution in [0.25, 0.3) is 68.3 Å². The summed E-state index contributed by atoms with van der Waals surface area (Å²) in [6, 6.07) is 35.6. The summed E-state index contributed by atoms with van der Waals surface area (Å²) >= 11 is 13.5. The van der Waals surface area contributed by atoms with E-state index in [4.69, 9.17) is 38.2 Å². The van der Waals surface area contributed by atoms with Gasteiger partial charge in [-0.2, -0.15) is 0 Å². The van der Waals surface area contributed by atoms with Gasteiger partial charge in [-0.1, -0.05) is 105 Å². The smallest absolute Gasteiger partial charge is 0.334 e. The first kappa shape index (κ1) is 105. The van der Waals surface area contributed by atoms with Crippen molar-refractivity contribution in [2.75, 3.05) is 21.3 Å². The van der Waals surface area contributed by atoms with Gasteiger partial charge in [0.25, 0.3) is 0 Å². The molecule has 0 saturated heterocycles. The van der Waals surface area contributed by atoms with E-state index in [-0.39, 0.29) is 89.3 Å². The molecule has 8 aromatic heterocycles. The third-order valence-corrected chi connectivity index (χ3v) is 25.4. The Morgan fingerprint density at radius 1 is 0.371 bits per heavy atom. The van der Waals surface area contributed by atoms with E-state index in [0.717, 1.165) is 109 Å². The van der Waals surface area contributed by atoms with Crippen LogP contribution in [-0.2, 0) is 13.1 Å². The van der Waals surface area contributed by atoms with Gasteiger partial charge in [0.05, 0.1) is 81.2 Å². The summed E-state index contributed by atoms with van der Waals surface area (Å²) in [4.78, 5) is 90.3. The highest BCUT2D eigenvalue weighted by Gasteiger charge is 2.32. The monoisotopic (exact) mass is 1850 g/mol. The molecule has 0 unspecified atom stereocenters. The lowest BCUT2D eigenvalue weighted by Crippen LogP contribution is -2.33. The van der Waals surface area contributed by atoms with Gasteiger partial charge in [0.1, 0.15) is 33.3 Å². The van der Waals surface area contributed by atoms with E-state index >= 15 is 0 Å². The zero-order chi connectivity index (χ0) is 91.7. The Balaban J connectivity index is 0.000000196. The maximum Gasteiger partial charge on any atom is 0.334 e. The van der Waals surface area contributed by atoms with Gasteiger partial charge in [-0.25, -0.2) is 67.8 Å². The molecule has 0 aliphatic heterocycles. The van der Waals surface area contributed by atoms with Gasteiger partial charge in [0.15, 0.2) is 0 Å². The highest BCUT2D eigenvalue weighted by atomic mass is 35.5. The quantitative estimate of drug-likeness (QED) is 0.0367. The molecule has 4 fully saturated rings. The fourth-order valence-electron chi connectivity index (χ4n) is 17.6. The summed E-state index contributed by atoms with van der Waals surface area (Å²) in [7, 11) is 0. The first-order valence-electron chi connectivity index (χ1n) is 45.1. The molecule has 8 heterocycles. The predicted octanol–water partition coefficient (Wildman–Crippen LogP) is 22.4. The highest BCUT2D eigenvalue weighted by Crippen LogP contribution is 2.37. The molecule has 4 aromatic carbocycles. The number of imidazole rings is 4. The van der Waals surface area contributed by atoms with E-state index < -0.39 is 11.2 Å². The molecule has 4 aliphatic carbocycles. The van der Waals surface area contributed by atoms with E-state index in [1.54, 1.807) is 107 Å². The molecule has 4 saturated carbocycles. The van der Waals surface area contributed by atoms with Crippen LogP contribution in [0, 0.1) is 63.0 Å². The Morgan fingerprint density at radius 3 is 0.879 bits per heavy atom. The molecular formula is C102H140Cl2F2N20O6. The van der Waals surface area contributed by atoms with Gasteiger partial charge in [0, 0.05) is 72.4 Å². The number of hydrogen-bond acceptors (Lipinski definition) is 18. The minimum absolute atomic E-state index is 0. The summed E-state index contributed by atoms with van der Waals surface area (Å²) in [5, 5.41) is 35.4. The second-order valence-electron chi connectivity index (χ2n) is 37.4. The van der Waals surface area contributed by atoms with Crippen molar-refractivity contribution in [2.24, 2.45) is 23.7 Å². The van der Waals surface area contributed by atoms with Crippen molar-refractivity contribution < 1.29 is 19.0 Å². The van der Waals surface area contributed by atoms with Crippen LogP contribution in [0.4, 0.5) is 32.6 Å². The SMILES string of the molecule is C.C.C.C.CC1CCC(Nc2nccc(-c3c(Cl)n(C(C)C)c(=O)n3-c3ccc(F)cc3)n2)CC1.Cc1c(-c2ccnc(NC3CCC(C)CC3)n2)n(-c2ccc(F)cc2)c(=O)n1CC(C)(C)O.Cc1cccc(-n2c(-c3ccnc(NC4CCC(C)CC4)n3)c(C)n(CC(C)(C)O)c2=O)c1.Cc1cccc(-n2c(-c3ccnc(NC4CCC(C)CC4)n3)c(Cl)n(C(C)C)c2=O)c1. The largest absolute Gasteiger partial charge is 0.389 e. The standard InChI is InChI=1S/C26H35N5O2.C25H32FN5O2.C24H30ClN5O.C23H27ClFN5O.4CH4/c1-17-9-11-20(12-10-17)28-24-27-14-13-22(29-24)23-19(3)30(16-26(4,5)33)25(32)31(23)21-8-6-7-18(2)15-21;1-16-5-9-19(10-6-16)28-23-27-14-13-21(29-23)22-17(2)30(15-25(3,4)33)24(32)31(22)20-11-7-18(26)8-12-20;1-15(2)29-22(25)21(30(24(29)31)19-7-5-6-17(4)14-19)20-12-13-26-23(28-20)27-18-10-8-16(3)9-11-18;1-14(2)29-21(24)20(30(23(29)31)18-10-6-16(25)7-11-18)19-12-13-26-22(28-19)27-17-8-4-15(3)5-9-17;;;;/h6-8,13-15,17,20,33H,9-12,16H2,1-5H3,(H,27,28,29);7-8,11-14,16,19,33H,5-6,9-10,15H2,1-4H3,(H,27,28,29);5-7,12-16,18H,8-11H2,1-4H3,(H,26,27,28);6-7,10-15,17H,4-5,8-9H2,1-3H3,(H,26,27,28);4*1H4. The third kappa shape index (κ3) is 25.4. The van der Waals surface area contributed by atoms with Crippen LogP contribution in [0.1, 0.15) is 250 Å². The number of hydrogen-bond donors (Lipinski definition) is 6. The number of aliphatic hydroxyl groups is 2. The summed E-state index contributed by atoms with van der Waals surface area (Å²) in [5.74, 6) is 4.52. The Hall–Kier alpha value is -11.2. The van der Waals surface area contributed by atoms with Crippen LogP contribution in [0.15, 0.2) is 165 Å². The van der Waals surface area contributed by atoms with Crippen molar-refractivity contribution >= 4 is 47.0 Å². The highest BCUT2D eigenvalue weighted by molar-refractivity contribution is 6.32. The van der Waals surface area contributed by atoms with Crippen molar-refractivity contribution in [2.45, 2.75) is 304 Å². The van der Waals surface area contributed by atoms with Crippen molar-refractivity contribution in [1.82, 2.24) is 76.4 Å². The van der Waals surface area contributed by atoms with Crippen LogP contribution in [0.5, 0.6) is 0 Å². The second kappa shape index (κ2) is 45.5.